The van der Waals surface area contributed by atoms with Crippen molar-refractivity contribution in [2.24, 2.45) is 0 Å². The Morgan fingerprint density at radius 2 is 1.92 bits per heavy atom. The van der Waals surface area contributed by atoms with E-state index in [1.165, 1.54) is 11.1 Å². The molecule has 3 aromatic rings. The van der Waals surface area contributed by atoms with E-state index in [4.69, 9.17) is 37.2 Å². The number of hydrogen-bond acceptors (Lipinski definition) is 5. The molecular weight excluding hydrogens is 535 g/mol. The maximum atomic E-state index is 12.8. The van der Waals surface area contributed by atoms with E-state index in [9.17, 15) is 4.79 Å². The van der Waals surface area contributed by atoms with Crippen molar-refractivity contribution in [1.82, 2.24) is 10.1 Å². The van der Waals surface area contributed by atoms with Crippen molar-refractivity contribution in [3.8, 4) is 17.0 Å². The molecule has 6 rings (SSSR count). The lowest BCUT2D eigenvalue weighted by Gasteiger charge is -2.36. The predicted molar refractivity (Wildman–Crippen MR) is 152 cm³/mol. The number of aryl methyl sites for hydroxylation is 1. The average Bonchev–Trinajstić information content (AvgIpc) is 3.50. The molecule has 0 bridgehead atoms. The molecule has 1 saturated carbocycles. The maximum absolute atomic E-state index is 12.8. The van der Waals surface area contributed by atoms with Gasteiger partial charge in [-0.25, -0.2) is 4.79 Å². The van der Waals surface area contributed by atoms with E-state index in [1.54, 1.807) is 0 Å². The Hall–Kier alpha value is -2.70. The summed E-state index contributed by atoms with van der Waals surface area (Å²) in [5.41, 5.74) is 4.35. The Balaban J connectivity index is 1.23. The molecule has 2 fully saturated rings. The SMILES string of the molecule is CC(C)(C)OC(=O)N1CCC2(CCCc3cc(OCc4c(-c5c(Cl)cccc5Cl)noc4C4CC4)ccc32)C1. The van der Waals surface area contributed by atoms with Gasteiger partial charge in [0.05, 0.1) is 15.6 Å². The third-order valence-electron chi connectivity index (χ3n) is 8.10. The van der Waals surface area contributed by atoms with Crippen LogP contribution in [0.4, 0.5) is 4.79 Å². The lowest BCUT2D eigenvalue weighted by Crippen LogP contribution is -2.39. The van der Waals surface area contributed by atoms with Crippen LogP contribution in [-0.2, 0) is 23.2 Å². The van der Waals surface area contributed by atoms with Gasteiger partial charge in [0.15, 0.2) is 0 Å². The van der Waals surface area contributed by atoms with E-state index in [0.29, 0.717) is 40.4 Å². The molecular formula is C31H34Cl2N2O4. The zero-order chi connectivity index (χ0) is 27.4. The molecule has 2 heterocycles. The molecule has 1 unspecified atom stereocenters. The van der Waals surface area contributed by atoms with Crippen LogP contribution < -0.4 is 4.74 Å². The van der Waals surface area contributed by atoms with Crippen LogP contribution in [0.1, 0.15) is 81.2 Å². The fourth-order valence-electron chi connectivity index (χ4n) is 6.12. The fraction of sp³-hybridized carbons (Fsp3) is 0.484. The van der Waals surface area contributed by atoms with Crippen LogP contribution in [0.15, 0.2) is 40.9 Å². The Bertz CT molecular complexity index is 1390. The van der Waals surface area contributed by atoms with Crippen LogP contribution in [-0.4, -0.2) is 34.8 Å². The van der Waals surface area contributed by atoms with Crippen molar-refractivity contribution in [3.63, 3.8) is 0 Å². The molecule has 3 aliphatic rings. The van der Waals surface area contributed by atoms with Gasteiger partial charge in [0.1, 0.15) is 29.4 Å². The Morgan fingerprint density at radius 3 is 2.64 bits per heavy atom. The van der Waals surface area contributed by atoms with Crippen molar-refractivity contribution in [1.29, 1.82) is 0 Å². The van der Waals surface area contributed by atoms with Gasteiger partial charge >= 0.3 is 6.09 Å². The minimum atomic E-state index is -0.496. The Morgan fingerprint density at radius 1 is 1.15 bits per heavy atom. The molecule has 2 aromatic carbocycles. The molecule has 0 N–H and O–H groups in total. The Labute approximate surface area is 239 Å². The van der Waals surface area contributed by atoms with E-state index in [-0.39, 0.29) is 11.5 Å². The summed E-state index contributed by atoms with van der Waals surface area (Å²) in [5.74, 6) is 2.04. The normalized spacial score (nSPS) is 20.8. The van der Waals surface area contributed by atoms with Crippen LogP contribution >= 0.6 is 23.2 Å². The van der Waals surface area contributed by atoms with Gasteiger partial charge in [-0.15, -0.1) is 0 Å². The molecule has 1 spiro atoms. The summed E-state index contributed by atoms with van der Waals surface area (Å²) in [7, 11) is 0. The zero-order valence-electron chi connectivity index (χ0n) is 22.7. The van der Waals surface area contributed by atoms with Gasteiger partial charge in [0.2, 0.25) is 0 Å². The molecule has 39 heavy (non-hydrogen) atoms. The quantitative estimate of drug-likeness (QED) is 0.309. The van der Waals surface area contributed by atoms with Gasteiger partial charge in [-0.2, -0.15) is 0 Å². The van der Waals surface area contributed by atoms with E-state index in [0.717, 1.165) is 62.1 Å². The number of rotatable bonds is 5. The summed E-state index contributed by atoms with van der Waals surface area (Å²) in [6.07, 6.45) is 6.06. The number of amides is 1. The summed E-state index contributed by atoms with van der Waals surface area (Å²) in [4.78, 5) is 14.6. The highest BCUT2D eigenvalue weighted by atomic mass is 35.5. The predicted octanol–water partition coefficient (Wildman–Crippen LogP) is 8.32. The first kappa shape index (κ1) is 26.5. The number of halogens is 2. The highest BCUT2D eigenvalue weighted by molar-refractivity contribution is 6.39. The molecule has 1 atom stereocenters. The summed E-state index contributed by atoms with van der Waals surface area (Å²) < 4.78 is 17.8. The monoisotopic (exact) mass is 568 g/mol. The van der Waals surface area contributed by atoms with Crippen molar-refractivity contribution in [2.45, 2.75) is 82.8 Å². The van der Waals surface area contributed by atoms with E-state index in [2.05, 4.69) is 23.4 Å². The number of nitrogens with zero attached hydrogens (tertiary/aromatic N) is 2. The number of aromatic nitrogens is 1. The largest absolute Gasteiger partial charge is 0.489 e. The number of carbonyl (C=O) groups is 1. The molecule has 0 radical (unpaired) electrons. The lowest BCUT2D eigenvalue weighted by atomic mass is 9.69. The van der Waals surface area contributed by atoms with Crippen LogP contribution in [0.25, 0.3) is 11.3 Å². The first-order chi connectivity index (χ1) is 18.6. The standard InChI is InChI=1S/C31H34Cl2N2O4/c1-30(2,3)38-29(36)35-15-14-31(18-35)13-5-6-20-16-21(11-12-23(20)31)37-17-22-27(34-39-28(22)19-9-10-19)26-24(32)7-4-8-25(26)33/h4,7-8,11-12,16,19H,5-6,9-10,13-15,17-18H2,1-3H3. The van der Waals surface area contributed by atoms with Crippen LogP contribution in [0, 0.1) is 0 Å². The topological polar surface area (TPSA) is 64.8 Å². The third-order valence-corrected chi connectivity index (χ3v) is 8.73. The van der Waals surface area contributed by atoms with Gasteiger partial charge in [-0.3, -0.25) is 0 Å². The summed E-state index contributed by atoms with van der Waals surface area (Å²) in [6.45, 7) is 7.47. The molecule has 6 nitrogen and oxygen atoms in total. The second-order valence-electron chi connectivity index (χ2n) is 12.1. The van der Waals surface area contributed by atoms with Crippen LogP contribution in [0.2, 0.25) is 10.0 Å². The average molecular weight is 570 g/mol. The van der Waals surface area contributed by atoms with Crippen molar-refractivity contribution in [2.75, 3.05) is 13.1 Å². The summed E-state index contributed by atoms with van der Waals surface area (Å²) >= 11 is 13.0. The minimum Gasteiger partial charge on any atom is -0.489 e. The van der Waals surface area contributed by atoms with Crippen LogP contribution in [0.5, 0.6) is 5.75 Å². The van der Waals surface area contributed by atoms with Gasteiger partial charge in [-0.05, 0) is 94.7 Å². The zero-order valence-corrected chi connectivity index (χ0v) is 24.2. The van der Waals surface area contributed by atoms with Crippen molar-refractivity contribution in [3.05, 3.63) is 68.9 Å². The smallest absolute Gasteiger partial charge is 0.410 e. The molecule has 2 aliphatic carbocycles. The van der Waals surface area contributed by atoms with Crippen LogP contribution in [0.3, 0.4) is 0 Å². The first-order valence-electron chi connectivity index (χ1n) is 13.8. The second kappa shape index (κ2) is 10.0. The van der Waals surface area contributed by atoms with Crippen molar-refractivity contribution < 1.29 is 18.8 Å². The van der Waals surface area contributed by atoms with Gasteiger partial charge in [0.25, 0.3) is 0 Å². The van der Waals surface area contributed by atoms with Gasteiger partial charge in [0, 0.05) is 30.0 Å². The van der Waals surface area contributed by atoms with Gasteiger partial charge < -0.3 is 18.9 Å². The highest BCUT2D eigenvalue weighted by Crippen LogP contribution is 2.47. The molecule has 1 amide bonds. The van der Waals surface area contributed by atoms with E-state index < -0.39 is 5.60 Å². The molecule has 8 heteroatoms. The van der Waals surface area contributed by atoms with Gasteiger partial charge in [-0.1, -0.05) is 40.5 Å². The second-order valence-corrected chi connectivity index (χ2v) is 13.0. The molecule has 1 aromatic heterocycles. The Kier molecular flexibility index (Phi) is 6.83. The number of ether oxygens (including phenoxy) is 2. The van der Waals surface area contributed by atoms with E-state index in [1.807, 2.05) is 43.9 Å². The fourth-order valence-corrected chi connectivity index (χ4v) is 6.69. The number of hydrogen-bond donors (Lipinski definition) is 0. The van der Waals surface area contributed by atoms with E-state index >= 15 is 0 Å². The molecule has 1 aliphatic heterocycles. The first-order valence-corrected chi connectivity index (χ1v) is 14.6. The molecule has 206 valence electrons. The minimum absolute atomic E-state index is 0.0232. The molecule has 1 saturated heterocycles. The highest BCUT2D eigenvalue weighted by Gasteiger charge is 2.44. The number of likely N-dealkylation sites (tertiary alicyclic amines) is 1. The number of carbonyl (C=O) groups excluding carboxylic acids is 1. The number of fused-ring (bicyclic) bond motifs is 2. The lowest BCUT2D eigenvalue weighted by molar-refractivity contribution is 0.0282. The maximum Gasteiger partial charge on any atom is 0.410 e. The van der Waals surface area contributed by atoms with Crippen molar-refractivity contribution >= 4 is 29.3 Å². The number of benzene rings is 2. The summed E-state index contributed by atoms with van der Waals surface area (Å²) in [6, 6.07) is 11.9. The third kappa shape index (κ3) is 5.26. The summed E-state index contributed by atoms with van der Waals surface area (Å²) in [5, 5.41) is 5.45.